The second kappa shape index (κ2) is 12.8. The molecule has 16 heavy (non-hydrogen) atoms. The molecule has 0 aromatic rings. The van der Waals surface area contributed by atoms with Crippen molar-refractivity contribution in [1.29, 1.82) is 0 Å². The van der Waals surface area contributed by atoms with Gasteiger partial charge in [-0.1, -0.05) is 58.1 Å². The molecule has 0 aromatic carbocycles. The van der Waals surface area contributed by atoms with Crippen molar-refractivity contribution in [2.24, 2.45) is 0 Å². The topological polar surface area (TPSA) is 14.1 Å². The van der Waals surface area contributed by atoms with Gasteiger partial charge in [-0.25, -0.2) is 5.32 Å². The first-order chi connectivity index (χ1) is 7.81. The summed E-state index contributed by atoms with van der Waals surface area (Å²) >= 11 is 0. The summed E-state index contributed by atoms with van der Waals surface area (Å²) in [4.78, 5) is 0. The Bertz CT molecular complexity index is 152. The molecule has 1 radical (unpaired) electrons. The Hall–Kier alpha value is -0.300. The van der Waals surface area contributed by atoms with E-state index in [0.29, 0.717) is 6.04 Å². The summed E-state index contributed by atoms with van der Waals surface area (Å²) in [7, 11) is 0. The van der Waals surface area contributed by atoms with Crippen LogP contribution in [0.4, 0.5) is 0 Å². The molecule has 0 aromatic heterocycles. The molecule has 0 aliphatic carbocycles. The summed E-state index contributed by atoms with van der Waals surface area (Å²) in [5, 5.41) is 4.63. The standard InChI is InChI=1S/C15H30N/c1-4-6-8-10-11-13-15(3)16-14-12-9-7-5-2/h11,13,15H,4-10,12,14H2,1-3H3. The van der Waals surface area contributed by atoms with Crippen LogP contribution < -0.4 is 5.32 Å². The fourth-order valence-corrected chi connectivity index (χ4v) is 1.70. The van der Waals surface area contributed by atoms with Crippen molar-refractivity contribution in [1.82, 2.24) is 5.32 Å². The van der Waals surface area contributed by atoms with E-state index in [2.05, 4.69) is 38.2 Å². The molecule has 0 amide bonds. The highest BCUT2D eigenvalue weighted by Crippen LogP contribution is 2.01. The highest BCUT2D eigenvalue weighted by Gasteiger charge is 1.96. The maximum absolute atomic E-state index is 4.63. The Labute approximate surface area is 103 Å². The van der Waals surface area contributed by atoms with Crippen molar-refractivity contribution in [3.8, 4) is 0 Å². The zero-order valence-corrected chi connectivity index (χ0v) is 11.5. The Morgan fingerprint density at radius 1 is 0.938 bits per heavy atom. The summed E-state index contributed by atoms with van der Waals surface area (Å²) in [6.07, 6.45) is 15.1. The van der Waals surface area contributed by atoms with Crippen LogP contribution in [-0.2, 0) is 0 Å². The predicted molar refractivity (Wildman–Crippen MR) is 73.9 cm³/mol. The number of hydrogen-bond acceptors (Lipinski definition) is 0. The monoisotopic (exact) mass is 224 g/mol. The Kier molecular flexibility index (Phi) is 12.5. The molecular weight excluding hydrogens is 194 g/mol. The molecule has 0 saturated carbocycles. The highest BCUT2D eigenvalue weighted by molar-refractivity contribution is 4.90. The SMILES string of the molecule is CCCCCC=CC(C)[N]CCCCCC. The third kappa shape index (κ3) is 11.8. The van der Waals surface area contributed by atoms with Crippen LogP contribution in [0.25, 0.3) is 0 Å². The smallest absolute Gasteiger partial charge is 0.0397 e. The average molecular weight is 224 g/mol. The minimum Gasteiger partial charge on any atom is -0.235 e. The third-order valence-corrected chi connectivity index (χ3v) is 2.82. The van der Waals surface area contributed by atoms with Crippen molar-refractivity contribution in [3.63, 3.8) is 0 Å². The van der Waals surface area contributed by atoms with Crippen LogP contribution in [0, 0.1) is 0 Å². The van der Waals surface area contributed by atoms with Crippen LogP contribution in [0.15, 0.2) is 12.2 Å². The van der Waals surface area contributed by atoms with Gasteiger partial charge < -0.3 is 0 Å². The third-order valence-electron chi connectivity index (χ3n) is 2.82. The number of rotatable bonds is 11. The fourth-order valence-electron chi connectivity index (χ4n) is 1.70. The summed E-state index contributed by atoms with van der Waals surface area (Å²) in [6, 6.07) is 0.420. The van der Waals surface area contributed by atoms with Gasteiger partial charge in [-0.15, -0.1) is 0 Å². The van der Waals surface area contributed by atoms with Crippen molar-refractivity contribution >= 4 is 0 Å². The Morgan fingerprint density at radius 3 is 2.31 bits per heavy atom. The molecule has 95 valence electrons. The lowest BCUT2D eigenvalue weighted by Gasteiger charge is -2.06. The van der Waals surface area contributed by atoms with Crippen LogP contribution in [0.2, 0.25) is 0 Å². The summed E-state index contributed by atoms with van der Waals surface area (Å²) < 4.78 is 0. The van der Waals surface area contributed by atoms with E-state index in [9.17, 15) is 0 Å². The zero-order chi connectivity index (χ0) is 12.1. The molecule has 0 rings (SSSR count). The molecule has 0 heterocycles. The second-order valence-corrected chi connectivity index (χ2v) is 4.63. The first kappa shape index (κ1) is 15.7. The van der Waals surface area contributed by atoms with Gasteiger partial charge in [0.25, 0.3) is 0 Å². The van der Waals surface area contributed by atoms with Gasteiger partial charge in [-0.2, -0.15) is 0 Å². The second-order valence-electron chi connectivity index (χ2n) is 4.63. The number of nitrogens with zero attached hydrogens (tertiary/aromatic N) is 1. The van der Waals surface area contributed by atoms with Gasteiger partial charge in [-0.05, 0) is 26.2 Å². The molecule has 0 N–H and O–H groups in total. The van der Waals surface area contributed by atoms with E-state index >= 15 is 0 Å². The lowest BCUT2D eigenvalue weighted by atomic mass is 10.1. The predicted octanol–water partition coefficient (Wildman–Crippen LogP) is 4.70. The van der Waals surface area contributed by atoms with Crippen molar-refractivity contribution in [3.05, 3.63) is 12.2 Å². The molecule has 0 spiro atoms. The Morgan fingerprint density at radius 2 is 1.62 bits per heavy atom. The van der Waals surface area contributed by atoms with E-state index in [-0.39, 0.29) is 0 Å². The molecular formula is C15H30N. The molecule has 0 aliphatic rings. The van der Waals surface area contributed by atoms with Crippen LogP contribution >= 0.6 is 0 Å². The van der Waals surface area contributed by atoms with Gasteiger partial charge >= 0.3 is 0 Å². The average Bonchev–Trinajstić information content (AvgIpc) is 2.28. The van der Waals surface area contributed by atoms with Gasteiger partial charge in [-0.3, -0.25) is 0 Å². The molecule has 1 heteroatoms. The van der Waals surface area contributed by atoms with Gasteiger partial charge in [0, 0.05) is 12.6 Å². The lowest BCUT2D eigenvalue weighted by molar-refractivity contribution is 0.561. The minimum atomic E-state index is 0.420. The maximum Gasteiger partial charge on any atom is 0.0397 e. The Balaban J connectivity index is 3.25. The molecule has 1 nitrogen and oxygen atoms in total. The van der Waals surface area contributed by atoms with E-state index in [1.807, 2.05) is 0 Å². The van der Waals surface area contributed by atoms with E-state index in [1.54, 1.807) is 0 Å². The first-order valence-corrected chi connectivity index (χ1v) is 7.14. The van der Waals surface area contributed by atoms with Crippen molar-refractivity contribution in [2.75, 3.05) is 6.54 Å². The molecule has 0 fully saturated rings. The largest absolute Gasteiger partial charge is 0.235 e. The summed E-state index contributed by atoms with van der Waals surface area (Å²) in [5.74, 6) is 0. The number of unbranched alkanes of at least 4 members (excludes halogenated alkanes) is 6. The fraction of sp³-hybridized carbons (Fsp3) is 0.867. The lowest BCUT2D eigenvalue weighted by Crippen LogP contribution is -2.17. The van der Waals surface area contributed by atoms with Crippen LogP contribution in [-0.4, -0.2) is 12.6 Å². The summed E-state index contributed by atoms with van der Waals surface area (Å²) in [5.41, 5.74) is 0. The number of hydrogen-bond donors (Lipinski definition) is 0. The van der Waals surface area contributed by atoms with Crippen LogP contribution in [0.3, 0.4) is 0 Å². The minimum absolute atomic E-state index is 0.420. The molecule has 1 unspecified atom stereocenters. The molecule has 0 aliphatic heterocycles. The zero-order valence-electron chi connectivity index (χ0n) is 11.5. The number of allylic oxidation sites excluding steroid dienone is 1. The highest BCUT2D eigenvalue weighted by atomic mass is 14.9. The van der Waals surface area contributed by atoms with Gasteiger partial charge in [0.05, 0.1) is 0 Å². The van der Waals surface area contributed by atoms with Gasteiger partial charge in [0.2, 0.25) is 0 Å². The molecule has 0 bridgehead atoms. The van der Waals surface area contributed by atoms with E-state index in [0.717, 1.165) is 6.54 Å². The van der Waals surface area contributed by atoms with E-state index in [4.69, 9.17) is 0 Å². The van der Waals surface area contributed by atoms with Gasteiger partial charge in [0.1, 0.15) is 0 Å². The normalized spacial score (nSPS) is 13.4. The van der Waals surface area contributed by atoms with Crippen molar-refractivity contribution < 1.29 is 0 Å². The van der Waals surface area contributed by atoms with Gasteiger partial charge in [0.15, 0.2) is 0 Å². The van der Waals surface area contributed by atoms with E-state index in [1.165, 1.54) is 51.4 Å². The maximum atomic E-state index is 4.63. The summed E-state index contributed by atoms with van der Waals surface area (Å²) in [6.45, 7) is 7.73. The quantitative estimate of drug-likeness (QED) is 0.357. The molecule has 1 atom stereocenters. The van der Waals surface area contributed by atoms with Crippen LogP contribution in [0.1, 0.15) is 72.1 Å². The molecule has 0 saturated heterocycles. The van der Waals surface area contributed by atoms with Crippen LogP contribution in [0.5, 0.6) is 0 Å². The van der Waals surface area contributed by atoms with E-state index < -0.39 is 0 Å². The first-order valence-electron chi connectivity index (χ1n) is 7.14. The van der Waals surface area contributed by atoms with Crippen molar-refractivity contribution in [2.45, 2.75) is 78.2 Å².